The molecule has 1 N–H and O–H groups in total. The summed E-state index contributed by atoms with van der Waals surface area (Å²) in [4.78, 5) is 2.46. The van der Waals surface area contributed by atoms with Crippen LogP contribution >= 0.6 is 0 Å². The summed E-state index contributed by atoms with van der Waals surface area (Å²) < 4.78 is 0. The first kappa shape index (κ1) is 11.6. The minimum atomic E-state index is 0.348. The largest absolute Gasteiger partial charge is 0.396 e. The van der Waals surface area contributed by atoms with Gasteiger partial charge in [-0.2, -0.15) is 0 Å². The van der Waals surface area contributed by atoms with Gasteiger partial charge in [-0.1, -0.05) is 29.8 Å². The van der Waals surface area contributed by atoms with Gasteiger partial charge in [0, 0.05) is 19.7 Å². The second-order valence-corrected chi connectivity index (χ2v) is 4.87. The third kappa shape index (κ3) is 3.06. The second-order valence-electron chi connectivity index (χ2n) is 4.87. The number of aliphatic hydroxyl groups excluding tert-OH is 1. The standard InChI is InChI=1S/C14H21NO/c1-12-2-4-13(5-3-12)6-8-15-9-7-14(10-15)11-16/h2-5,14,16H,6-11H2,1H3/t14-/m0/s1. The molecule has 0 radical (unpaired) electrons. The third-order valence-corrected chi connectivity index (χ3v) is 3.47. The van der Waals surface area contributed by atoms with Gasteiger partial charge in [0.15, 0.2) is 0 Å². The van der Waals surface area contributed by atoms with Crippen LogP contribution in [0.4, 0.5) is 0 Å². The highest BCUT2D eigenvalue weighted by Gasteiger charge is 2.20. The highest BCUT2D eigenvalue weighted by Crippen LogP contribution is 2.15. The zero-order valence-electron chi connectivity index (χ0n) is 10.0. The predicted molar refractivity (Wildman–Crippen MR) is 66.5 cm³/mol. The monoisotopic (exact) mass is 219 g/mol. The lowest BCUT2D eigenvalue weighted by Crippen LogP contribution is -2.24. The van der Waals surface area contributed by atoms with Gasteiger partial charge in [-0.05, 0) is 37.8 Å². The maximum absolute atomic E-state index is 9.07. The van der Waals surface area contributed by atoms with Crippen LogP contribution in [0, 0.1) is 12.8 Å². The van der Waals surface area contributed by atoms with Crippen LogP contribution < -0.4 is 0 Å². The van der Waals surface area contributed by atoms with Crippen molar-refractivity contribution in [2.75, 3.05) is 26.2 Å². The molecule has 1 aromatic rings. The summed E-state index contributed by atoms with van der Waals surface area (Å²) in [5.41, 5.74) is 2.74. The van der Waals surface area contributed by atoms with Gasteiger partial charge in [-0.15, -0.1) is 0 Å². The van der Waals surface area contributed by atoms with Crippen LogP contribution in [0.3, 0.4) is 0 Å². The quantitative estimate of drug-likeness (QED) is 0.835. The van der Waals surface area contributed by atoms with Gasteiger partial charge < -0.3 is 10.0 Å². The van der Waals surface area contributed by atoms with Crippen molar-refractivity contribution in [1.29, 1.82) is 0 Å². The van der Waals surface area contributed by atoms with E-state index in [1.807, 2.05) is 0 Å². The molecule has 1 aromatic carbocycles. The number of likely N-dealkylation sites (tertiary alicyclic amines) is 1. The van der Waals surface area contributed by atoms with Gasteiger partial charge in [0.25, 0.3) is 0 Å². The molecule has 0 saturated carbocycles. The Morgan fingerprint density at radius 3 is 2.69 bits per heavy atom. The van der Waals surface area contributed by atoms with E-state index in [2.05, 4.69) is 36.1 Å². The second kappa shape index (κ2) is 5.46. The summed E-state index contributed by atoms with van der Waals surface area (Å²) in [6, 6.07) is 8.79. The summed E-state index contributed by atoms with van der Waals surface area (Å²) in [5.74, 6) is 0.512. The van der Waals surface area contributed by atoms with E-state index in [-0.39, 0.29) is 0 Å². The summed E-state index contributed by atoms with van der Waals surface area (Å²) in [5, 5.41) is 9.07. The van der Waals surface area contributed by atoms with Crippen molar-refractivity contribution >= 4 is 0 Å². The van der Waals surface area contributed by atoms with Crippen molar-refractivity contribution in [3.05, 3.63) is 35.4 Å². The molecule has 0 unspecified atom stereocenters. The van der Waals surface area contributed by atoms with E-state index >= 15 is 0 Å². The van der Waals surface area contributed by atoms with E-state index in [9.17, 15) is 0 Å². The molecule has 16 heavy (non-hydrogen) atoms. The molecule has 0 aliphatic carbocycles. The molecule has 0 bridgehead atoms. The van der Waals surface area contributed by atoms with E-state index in [4.69, 9.17) is 5.11 Å². The van der Waals surface area contributed by atoms with Crippen LogP contribution in [0.15, 0.2) is 24.3 Å². The Labute approximate surface area is 97.9 Å². The molecule has 0 aromatic heterocycles. The molecule has 1 heterocycles. The van der Waals surface area contributed by atoms with Crippen molar-refractivity contribution < 1.29 is 5.11 Å². The number of benzene rings is 1. The van der Waals surface area contributed by atoms with E-state index in [1.54, 1.807) is 0 Å². The highest BCUT2D eigenvalue weighted by molar-refractivity contribution is 5.21. The molecule has 0 spiro atoms. The summed E-state index contributed by atoms with van der Waals surface area (Å²) in [6.45, 7) is 5.82. The van der Waals surface area contributed by atoms with Gasteiger partial charge in [-0.3, -0.25) is 0 Å². The molecular weight excluding hydrogens is 198 g/mol. The average molecular weight is 219 g/mol. The number of aryl methyl sites for hydroxylation is 1. The van der Waals surface area contributed by atoms with Crippen molar-refractivity contribution in [3.8, 4) is 0 Å². The maximum Gasteiger partial charge on any atom is 0.0471 e. The van der Waals surface area contributed by atoms with Crippen LogP contribution in [0.2, 0.25) is 0 Å². The first-order valence-electron chi connectivity index (χ1n) is 6.16. The van der Waals surface area contributed by atoms with Crippen molar-refractivity contribution in [1.82, 2.24) is 4.90 Å². The fraction of sp³-hybridized carbons (Fsp3) is 0.571. The first-order chi connectivity index (χ1) is 7.78. The van der Waals surface area contributed by atoms with Gasteiger partial charge in [-0.25, -0.2) is 0 Å². The normalized spacial score (nSPS) is 21.5. The summed E-state index contributed by atoms with van der Waals surface area (Å²) in [6.07, 6.45) is 2.28. The predicted octanol–water partition coefficient (Wildman–Crippen LogP) is 1.85. The Kier molecular flexibility index (Phi) is 3.97. The van der Waals surface area contributed by atoms with E-state index in [0.29, 0.717) is 12.5 Å². The minimum absolute atomic E-state index is 0.348. The zero-order chi connectivity index (χ0) is 11.4. The van der Waals surface area contributed by atoms with Crippen LogP contribution in [0.25, 0.3) is 0 Å². The van der Waals surface area contributed by atoms with Crippen LogP contribution in [-0.4, -0.2) is 36.2 Å². The first-order valence-corrected chi connectivity index (χ1v) is 6.16. The van der Waals surface area contributed by atoms with Crippen LogP contribution in [-0.2, 0) is 6.42 Å². The average Bonchev–Trinajstić information content (AvgIpc) is 2.76. The number of hydrogen-bond donors (Lipinski definition) is 1. The van der Waals surface area contributed by atoms with Gasteiger partial charge in [0.05, 0.1) is 0 Å². The molecule has 2 rings (SSSR count). The number of rotatable bonds is 4. The van der Waals surface area contributed by atoms with Gasteiger partial charge in [0.2, 0.25) is 0 Å². The van der Waals surface area contributed by atoms with E-state index < -0.39 is 0 Å². The topological polar surface area (TPSA) is 23.5 Å². The lowest BCUT2D eigenvalue weighted by molar-refractivity contribution is 0.222. The fourth-order valence-corrected chi connectivity index (χ4v) is 2.31. The van der Waals surface area contributed by atoms with Gasteiger partial charge >= 0.3 is 0 Å². The molecule has 2 heteroatoms. The Balaban J connectivity index is 1.77. The fourth-order valence-electron chi connectivity index (χ4n) is 2.31. The van der Waals surface area contributed by atoms with E-state index in [1.165, 1.54) is 11.1 Å². The number of nitrogens with zero attached hydrogens (tertiary/aromatic N) is 1. The minimum Gasteiger partial charge on any atom is -0.396 e. The van der Waals surface area contributed by atoms with Crippen LogP contribution in [0.1, 0.15) is 17.5 Å². The lowest BCUT2D eigenvalue weighted by Gasteiger charge is -2.15. The van der Waals surface area contributed by atoms with Crippen molar-refractivity contribution in [3.63, 3.8) is 0 Å². The summed E-state index contributed by atoms with van der Waals surface area (Å²) >= 11 is 0. The molecule has 1 fully saturated rings. The third-order valence-electron chi connectivity index (χ3n) is 3.47. The molecule has 1 aliphatic rings. The van der Waals surface area contributed by atoms with Gasteiger partial charge in [0.1, 0.15) is 0 Å². The molecule has 88 valence electrons. The molecular formula is C14H21NO. The Morgan fingerprint density at radius 2 is 2.06 bits per heavy atom. The smallest absolute Gasteiger partial charge is 0.0471 e. The molecule has 1 saturated heterocycles. The number of aliphatic hydroxyl groups is 1. The zero-order valence-corrected chi connectivity index (χ0v) is 10.0. The van der Waals surface area contributed by atoms with Crippen molar-refractivity contribution in [2.24, 2.45) is 5.92 Å². The summed E-state index contributed by atoms with van der Waals surface area (Å²) in [7, 11) is 0. The molecule has 2 nitrogen and oxygen atoms in total. The Bertz CT molecular complexity index is 320. The Hall–Kier alpha value is -0.860. The highest BCUT2D eigenvalue weighted by atomic mass is 16.3. The Morgan fingerprint density at radius 1 is 1.31 bits per heavy atom. The maximum atomic E-state index is 9.07. The molecule has 1 aliphatic heterocycles. The molecule has 0 amide bonds. The van der Waals surface area contributed by atoms with E-state index in [0.717, 1.165) is 32.5 Å². The number of hydrogen-bond acceptors (Lipinski definition) is 2. The SMILES string of the molecule is Cc1ccc(CCN2CC[C@H](CO)C2)cc1. The van der Waals surface area contributed by atoms with Crippen molar-refractivity contribution in [2.45, 2.75) is 19.8 Å². The van der Waals surface area contributed by atoms with Crippen LogP contribution in [0.5, 0.6) is 0 Å². The lowest BCUT2D eigenvalue weighted by atomic mass is 10.1. The molecule has 1 atom stereocenters.